The molecule has 1 unspecified atom stereocenters. The molecule has 1 heterocycles. The van der Waals surface area contributed by atoms with Crippen LogP contribution in [0.1, 0.15) is 31.6 Å². The first-order valence-electron chi connectivity index (χ1n) is 5.99. The van der Waals surface area contributed by atoms with Gasteiger partial charge in [0.25, 0.3) is 0 Å². The molecule has 0 aliphatic heterocycles. The van der Waals surface area contributed by atoms with Crippen LogP contribution >= 0.6 is 0 Å². The third-order valence-electron chi connectivity index (χ3n) is 2.55. The lowest BCUT2D eigenvalue weighted by molar-refractivity contribution is -0.146. The number of nitrogens with zero attached hydrogens (tertiary/aromatic N) is 1. The summed E-state index contributed by atoms with van der Waals surface area (Å²) in [7, 11) is 0. The van der Waals surface area contributed by atoms with Gasteiger partial charge in [-0.25, -0.2) is 14.6 Å². The summed E-state index contributed by atoms with van der Waals surface area (Å²) in [5.41, 5.74) is 0. The summed E-state index contributed by atoms with van der Waals surface area (Å²) < 4.78 is 0. The van der Waals surface area contributed by atoms with Gasteiger partial charge in [0.15, 0.2) is 6.10 Å². The molecule has 1 aromatic rings. The van der Waals surface area contributed by atoms with Gasteiger partial charge in [-0.05, 0) is 6.42 Å². The number of carboxylic acid groups (broad SMARTS) is 1. The third kappa shape index (κ3) is 4.96. The number of rotatable bonds is 7. The second kappa shape index (κ2) is 7.37. The molecule has 1 aromatic heterocycles. The number of aliphatic hydroxyl groups is 1. The Morgan fingerprint density at radius 3 is 2.79 bits per heavy atom. The van der Waals surface area contributed by atoms with Gasteiger partial charge >= 0.3 is 12.0 Å². The maximum Gasteiger partial charge on any atom is 0.332 e. The van der Waals surface area contributed by atoms with Crippen LogP contribution in [-0.4, -0.2) is 44.8 Å². The fourth-order valence-corrected chi connectivity index (χ4v) is 1.49. The number of aliphatic carboxylic acids is 1. The number of aliphatic hydroxyl groups excluding tert-OH is 1. The zero-order chi connectivity index (χ0) is 14.3. The van der Waals surface area contributed by atoms with Crippen molar-refractivity contribution in [2.45, 2.75) is 31.9 Å². The summed E-state index contributed by atoms with van der Waals surface area (Å²) in [5.74, 6) is -0.646. The largest absolute Gasteiger partial charge is 0.479 e. The lowest BCUT2D eigenvalue weighted by atomic mass is 10.2. The van der Waals surface area contributed by atoms with E-state index in [1.807, 2.05) is 6.92 Å². The molecule has 0 aliphatic carbocycles. The Kier molecular flexibility index (Phi) is 5.80. The number of carboxylic acids is 1. The molecule has 0 fully saturated rings. The van der Waals surface area contributed by atoms with E-state index in [2.05, 4.69) is 20.6 Å². The van der Waals surface area contributed by atoms with Crippen LogP contribution in [0.15, 0.2) is 12.4 Å². The monoisotopic (exact) mass is 270 g/mol. The van der Waals surface area contributed by atoms with Gasteiger partial charge in [-0.15, -0.1) is 0 Å². The van der Waals surface area contributed by atoms with E-state index in [-0.39, 0.29) is 19.0 Å². The number of imidazole rings is 1. The Balaban J connectivity index is 2.32. The molecule has 2 amide bonds. The SMILES string of the molecule is CCC(NC(=O)NCC[C@H](O)C(=O)O)c1ncc[nH]1. The Labute approximate surface area is 110 Å². The molecule has 0 saturated heterocycles. The second-order valence-corrected chi connectivity index (χ2v) is 3.98. The highest BCUT2D eigenvalue weighted by molar-refractivity contribution is 5.74. The van der Waals surface area contributed by atoms with Gasteiger partial charge < -0.3 is 25.8 Å². The smallest absolute Gasteiger partial charge is 0.332 e. The van der Waals surface area contributed by atoms with Crippen molar-refractivity contribution in [3.05, 3.63) is 18.2 Å². The lowest BCUT2D eigenvalue weighted by Crippen LogP contribution is -2.39. The minimum atomic E-state index is -1.47. The zero-order valence-electron chi connectivity index (χ0n) is 10.6. The van der Waals surface area contributed by atoms with Crippen LogP contribution in [0.3, 0.4) is 0 Å². The number of carbonyl (C=O) groups excluding carboxylic acids is 1. The molecule has 19 heavy (non-hydrogen) atoms. The molecule has 2 atom stereocenters. The van der Waals surface area contributed by atoms with Gasteiger partial charge in [0, 0.05) is 25.4 Å². The molecule has 5 N–H and O–H groups in total. The van der Waals surface area contributed by atoms with E-state index < -0.39 is 18.1 Å². The number of nitrogens with one attached hydrogen (secondary N) is 3. The van der Waals surface area contributed by atoms with Gasteiger partial charge in [0.1, 0.15) is 5.82 Å². The number of aromatic nitrogens is 2. The lowest BCUT2D eigenvalue weighted by Gasteiger charge is -2.15. The maximum absolute atomic E-state index is 11.6. The van der Waals surface area contributed by atoms with Crippen LogP contribution in [0, 0.1) is 0 Å². The van der Waals surface area contributed by atoms with Gasteiger partial charge in [-0.1, -0.05) is 6.92 Å². The van der Waals surface area contributed by atoms with E-state index in [4.69, 9.17) is 10.2 Å². The molecule has 8 nitrogen and oxygen atoms in total. The van der Waals surface area contributed by atoms with Crippen molar-refractivity contribution in [1.29, 1.82) is 0 Å². The first-order valence-corrected chi connectivity index (χ1v) is 5.99. The Morgan fingerprint density at radius 1 is 1.53 bits per heavy atom. The van der Waals surface area contributed by atoms with E-state index in [1.165, 1.54) is 0 Å². The van der Waals surface area contributed by atoms with Gasteiger partial charge in [0.2, 0.25) is 0 Å². The Morgan fingerprint density at radius 2 is 2.26 bits per heavy atom. The fraction of sp³-hybridized carbons (Fsp3) is 0.545. The molecular formula is C11H18N4O4. The second-order valence-electron chi connectivity index (χ2n) is 3.98. The van der Waals surface area contributed by atoms with Crippen LogP contribution in [0.25, 0.3) is 0 Å². The predicted molar refractivity (Wildman–Crippen MR) is 66.4 cm³/mol. The van der Waals surface area contributed by atoms with E-state index in [9.17, 15) is 9.59 Å². The summed E-state index contributed by atoms with van der Waals surface area (Å²) in [6.45, 7) is 1.98. The molecule has 1 rings (SSSR count). The van der Waals surface area contributed by atoms with Crippen molar-refractivity contribution in [2.75, 3.05) is 6.54 Å². The third-order valence-corrected chi connectivity index (χ3v) is 2.55. The van der Waals surface area contributed by atoms with Crippen LogP contribution in [-0.2, 0) is 4.79 Å². The average molecular weight is 270 g/mol. The number of urea groups is 1. The molecule has 8 heteroatoms. The number of carbonyl (C=O) groups is 2. The normalized spacial score (nSPS) is 13.6. The molecule has 0 bridgehead atoms. The molecule has 0 spiro atoms. The Hall–Kier alpha value is -2.09. The van der Waals surface area contributed by atoms with Crippen molar-refractivity contribution < 1.29 is 19.8 Å². The summed E-state index contributed by atoms with van der Waals surface area (Å²) in [5, 5.41) is 22.7. The van der Waals surface area contributed by atoms with E-state index >= 15 is 0 Å². The van der Waals surface area contributed by atoms with Crippen molar-refractivity contribution >= 4 is 12.0 Å². The summed E-state index contributed by atoms with van der Waals surface area (Å²) >= 11 is 0. The van der Waals surface area contributed by atoms with E-state index in [1.54, 1.807) is 12.4 Å². The number of aromatic amines is 1. The Bertz CT molecular complexity index is 407. The molecule has 0 aromatic carbocycles. The predicted octanol–water partition coefficient (Wildman–Crippen LogP) is -0.00440. The topological polar surface area (TPSA) is 127 Å². The molecule has 0 saturated carbocycles. The van der Waals surface area contributed by atoms with Crippen molar-refractivity contribution in [3.8, 4) is 0 Å². The molecule has 0 radical (unpaired) electrons. The number of hydrogen-bond donors (Lipinski definition) is 5. The standard InChI is InChI=1S/C11H18N4O4/c1-2-7(9-12-5-6-13-9)15-11(19)14-4-3-8(16)10(17)18/h5-8,16H,2-4H2,1H3,(H,12,13)(H,17,18)(H2,14,15,19)/t7?,8-/m0/s1. The first-order chi connectivity index (χ1) is 9.04. The number of hydrogen-bond acceptors (Lipinski definition) is 4. The van der Waals surface area contributed by atoms with Crippen LogP contribution in [0.5, 0.6) is 0 Å². The number of amides is 2. The highest BCUT2D eigenvalue weighted by Gasteiger charge is 2.16. The minimum absolute atomic E-state index is 0.0414. The van der Waals surface area contributed by atoms with Crippen LogP contribution in [0.4, 0.5) is 4.79 Å². The fourth-order valence-electron chi connectivity index (χ4n) is 1.49. The molecule has 106 valence electrons. The highest BCUT2D eigenvalue weighted by Crippen LogP contribution is 2.10. The summed E-state index contributed by atoms with van der Waals surface area (Å²) in [6.07, 6.45) is 2.42. The van der Waals surface area contributed by atoms with Crippen molar-refractivity contribution in [1.82, 2.24) is 20.6 Å². The van der Waals surface area contributed by atoms with Crippen molar-refractivity contribution in [3.63, 3.8) is 0 Å². The van der Waals surface area contributed by atoms with E-state index in [0.717, 1.165) is 0 Å². The van der Waals surface area contributed by atoms with Gasteiger partial charge in [-0.2, -0.15) is 0 Å². The molecular weight excluding hydrogens is 252 g/mol. The highest BCUT2D eigenvalue weighted by atomic mass is 16.4. The summed E-state index contributed by atoms with van der Waals surface area (Å²) in [6, 6.07) is -0.666. The zero-order valence-corrected chi connectivity index (χ0v) is 10.6. The van der Waals surface area contributed by atoms with Gasteiger partial charge in [-0.3, -0.25) is 0 Å². The minimum Gasteiger partial charge on any atom is -0.479 e. The van der Waals surface area contributed by atoms with Crippen LogP contribution < -0.4 is 10.6 Å². The quantitative estimate of drug-likeness (QED) is 0.476. The first kappa shape index (κ1) is 15.0. The van der Waals surface area contributed by atoms with E-state index in [0.29, 0.717) is 12.2 Å². The average Bonchev–Trinajstić information content (AvgIpc) is 2.89. The number of H-pyrrole nitrogens is 1. The molecule has 0 aliphatic rings. The maximum atomic E-state index is 11.6. The van der Waals surface area contributed by atoms with Gasteiger partial charge in [0.05, 0.1) is 6.04 Å². The van der Waals surface area contributed by atoms with Crippen molar-refractivity contribution in [2.24, 2.45) is 0 Å². The van der Waals surface area contributed by atoms with Crippen LogP contribution in [0.2, 0.25) is 0 Å². The summed E-state index contributed by atoms with van der Waals surface area (Å²) in [4.78, 5) is 28.9.